The maximum Gasteiger partial charge on any atom is 0.246 e. The normalized spacial score (nSPS) is 11.8. The molecule has 0 heterocycles. The van der Waals surface area contributed by atoms with Crippen molar-refractivity contribution in [1.29, 1.82) is 0 Å². The Bertz CT molecular complexity index is 859. The highest BCUT2D eigenvalue weighted by Crippen LogP contribution is 2.20. The number of hydrogen-bond donors (Lipinski definition) is 2. The van der Waals surface area contributed by atoms with Gasteiger partial charge in [-0.1, -0.05) is 30.3 Å². The molecule has 0 unspecified atom stereocenters. The van der Waals surface area contributed by atoms with E-state index in [0.29, 0.717) is 6.61 Å². The number of fused-ring (bicyclic) bond motifs is 1. The molecule has 2 N–H and O–H groups in total. The van der Waals surface area contributed by atoms with Gasteiger partial charge in [-0.2, -0.15) is 0 Å². The largest absolute Gasteiger partial charge is 0.494 e. The van der Waals surface area contributed by atoms with Crippen molar-refractivity contribution >= 4 is 28.1 Å². The SMILES string of the molecule is CCOc1ccc(N[C@H](C)C(=O)Nc2ccc3ccccc3c2)cc1. The van der Waals surface area contributed by atoms with Crippen LogP contribution in [0.5, 0.6) is 5.75 Å². The molecule has 0 saturated heterocycles. The molecule has 3 aromatic rings. The topological polar surface area (TPSA) is 50.4 Å². The van der Waals surface area contributed by atoms with E-state index in [4.69, 9.17) is 4.74 Å². The summed E-state index contributed by atoms with van der Waals surface area (Å²) in [7, 11) is 0. The fourth-order valence-corrected chi connectivity index (χ4v) is 2.65. The predicted molar refractivity (Wildman–Crippen MR) is 103 cm³/mol. The first kappa shape index (κ1) is 16.8. The lowest BCUT2D eigenvalue weighted by molar-refractivity contribution is -0.116. The minimum absolute atomic E-state index is 0.0795. The summed E-state index contributed by atoms with van der Waals surface area (Å²) in [6, 6.07) is 21.2. The zero-order chi connectivity index (χ0) is 17.6. The van der Waals surface area contributed by atoms with Gasteiger partial charge in [0.05, 0.1) is 6.61 Å². The Morgan fingerprint density at radius 1 is 0.960 bits per heavy atom. The number of rotatable bonds is 6. The van der Waals surface area contributed by atoms with Crippen LogP contribution in [-0.4, -0.2) is 18.6 Å². The van der Waals surface area contributed by atoms with Crippen LogP contribution in [0.15, 0.2) is 66.7 Å². The number of nitrogens with one attached hydrogen (secondary N) is 2. The molecule has 128 valence electrons. The Labute approximate surface area is 147 Å². The Kier molecular flexibility index (Phi) is 5.19. The summed E-state index contributed by atoms with van der Waals surface area (Å²) in [6.07, 6.45) is 0. The number of hydrogen-bond acceptors (Lipinski definition) is 3. The average Bonchev–Trinajstić information content (AvgIpc) is 2.63. The zero-order valence-corrected chi connectivity index (χ0v) is 14.5. The number of benzene rings is 3. The molecule has 0 spiro atoms. The maximum atomic E-state index is 12.4. The van der Waals surface area contributed by atoms with E-state index in [1.54, 1.807) is 0 Å². The molecule has 3 rings (SSSR count). The van der Waals surface area contributed by atoms with Crippen molar-refractivity contribution in [3.63, 3.8) is 0 Å². The summed E-state index contributed by atoms with van der Waals surface area (Å²) < 4.78 is 5.42. The number of anilines is 2. The van der Waals surface area contributed by atoms with E-state index in [1.165, 1.54) is 0 Å². The highest BCUT2D eigenvalue weighted by Gasteiger charge is 2.13. The lowest BCUT2D eigenvalue weighted by atomic mass is 10.1. The first-order valence-corrected chi connectivity index (χ1v) is 8.45. The molecule has 0 aliphatic rings. The Morgan fingerprint density at radius 2 is 1.64 bits per heavy atom. The summed E-state index contributed by atoms with van der Waals surface area (Å²) >= 11 is 0. The first-order valence-electron chi connectivity index (χ1n) is 8.45. The second-order valence-electron chi connectivity index (χ2n) is 5.87. The second kappa shape index (κ2) is 7.71. The third kappa shape index (κ3) is 4.29. The Morgan fingerprint density at radius 3 is 2.36 bits per heavy atom. The molecular formula is C21H22N2O2. The van der Waals surface area contributed by atoms with E-state index in [9.17, 15) is 4.79 Å². The molecule has 0 radical (unpaired) electrons. The molecule has 0 aromatic heterocycles. The van der Waals surface area contributed by atoms with Crippen molar-refractivity contribution < 1.29 is 9.53 Å². The molecule has 4 nitrogen and oxygen atoms in total. The molecule has 3 aromatic carbocycles. The monoisotopic (exact) mass is 334 g/mol. The number of ether oxygens (including phenoxy) is 1. The summed E-state index contributed by atoms with van der Waals surface area (Å²) in [5.74, 6) is 0.741. The number of carbonyl (C=O) groups is 1. The maximum absolute atomic E-state index is 12.4. The van der Waals surface area contributed by atoms with Gasteiger partial charge >= 0.3 is 0 Å². The van der Waals surface area contributed by atoms with Crippen LogP contribution in [0.1, 0.15) is 13.8 Å². The zero-order valence-electron chi connectivity index (χ0n) is 14.5. The molecule has 25 heavy (non-hydrogen) atoms. The quantitative estimate of drug-likeness (QED) is 0.688. The van der Waals surface area contributed by atoms with Crippen molar-refractivity contribution in [3.8, 4) is 5.75 Å². The predicted octanol–water partition coefficient (Wildman–Crippen LogP) is 4.68. The average molecular weight is 334 g/mol. The van der Waals surface area contributed by atoms with E-state index in [2.05, 4.69) is 16.7 Å². The second-order valence-corrected chi connectivity index (χ2v) is 5.87. The van der Waals surface area contributed by atoms with Crippen LogP contribution < -0.4 is 15.4 Å². The van der Waals surface area contributed by atoms with Crippen LogP contribution in [0.3, 0.4) is 0 Å². The van der Waals surface area contributed by atoms with Crippen molar-refractivity contribution in [1.82, 2.24) is 0 Å². The van der Waals surface area contributed by atoms with Crippen LogP contribution in [0, 0.1) is 0 Å². The fourth-order valence-electron chi connectivity index (χ4n) is 2.65. The van der Waals surface area contributed by atoms with E-state index >= 15 is 0 Å². The molecule has 0 aliphatic heterocycles. The molecule has 1 amide bonds. The summed E-state index contributed by atoms with van der Waals surface area (Å²) in [5, 5.41) is 8.42. The minimum Gasteiger partial charge on any atom is -0.494 e. The standard InChI is InChI=1S/C21H22N2O2/c1-3-25-20-12-10-18(11-13-20)22-15(2)21(24)23-19-9-8-16-6-4-5-7-17(16)14-19/h4-15,22H,3H2,1-2H3,(H,23,24)/t15-/m1/s1. The van der Waals surface area contributed by atoms with Gasteiger partial charge in [-0.3, -0.25) is 4.79 Å². The molecular weight excluding hydrogens is 312 g/mol. The van der Waals surface area contributed by atoms with Crippen LogP contribution >= 0.6 is 0 Å². The Balaban J connectivity index is 1.63. The van der Waals surface area contributed by atoms with E-state index in [-0.39, 0.29) is 11.9 Å². The third-order valence-electron chi connectivity index (χ3n) is 3.96. The van der Waals surface area contributed by atoms with Gasteiger partial charge in [0.1, 0.15) is 11.8 Å². The van der Waals surface area contributed by atoms with Crippen molar-refractivity contribution in [2.75, 3.05) is 17.2 Å². The van der Waals surface area contributed by atoms with E-state index in [0.717, 1.165) is 27.9 Å². The van der Waals surface area contributed by atoms with Gasteiger partial charge in [0.15, 0.2) is 0 Å². The minimum atomic E-state index is -0.357. The van der Waals surface area contributed by atoms with Gasteiger partial charge in [-0.05, 0) is 61.0 Å². The molecule has 0 saturated carbocycles. The van der Waals surface area contributed by atoms with Crippen LogP contribution in [0.25, 0.3) is 10.8 Å². The lowest BCUT2D eigenvalue weighted by Crippen LogP contribution is -2.31. The molecule has 4 heteroatoms. The smallest absolute Gasteiger partial charge is 0.246 e. The van der Waals surface area contributed by atoms with Crippen LogP contribution in [0.4, 0.5) is 11.4 Å². The highest BCUT2D eigenvalue weighted by molar-refractivity contribution is 5.98. The molecule has 0 bridgehead atoms. The van der Waals surface area contributed by atoms with Gasteiger partial charge < -0.3 is 15.4 Å². The van der Waals surface area contributed by atoms with Crippen LogP contribution in [-0.2, 0) is 4.79 Å². The van der Waals surface area contributed by atoms with Gasteiger partial charge in [-0.15, -0.1) is 0 Å². The van der Waals surface area contributed by atoms with Gasteiger partial charge in [-0.25, -0.2) is 0 Å². The molecule has 0 fully saturated rings. The van der Waals surface area contributed by atoms with Crippen molar-refractivity contribution in [2.45, 2.75) is 19.9 Å². The third-order valence-corrected chi connectivity index (χ3v) is 3.96. The number of amides is 1. The lowest BCUT2D eigenvalue weighted by Gasteiger charge is -2.16. The Hall–Kier alpha value is -3.01. The fraction of sp³-hybridized carbons (Fsp3) is 0.190. The van der Waals surface area contributed by atoms with Gasteiger partial charge in [0.2, 0.25) is 5.91 Å². The molecule has 0 aliphatic carbocycles. The summed E-state index contributed by atoms with van der Waals surface area (Å²) in [4.78, 5) is 12.4. The number of carbonyl (C=O) groups excluding carboxylic acids is 1. The van der Waals surface area contributed by atoms with Gasteiger partial charge in [0.25, 0.3) is 0 Å². The first-order chi connectivity index (χ1) is 12.2. The van der Waals surface area contributed by atoms with E-state index in [1.807, 2.05) is 74.5 Å². The van der Waals surface area contributed by atoms with Gasteiger partial charge in [0, 0.05) is 11.4 Å². The summed E-state index contributed by atoms with van der Waals surface area (Å²) in [6.45, 7) is 4.43. The van der Waals surface area contributed by atoms with Crippen molar-refractivity contribution in [2.24, 2.45) is 0 Å². The highest BCUT2D eigenvalue weighted by atomic mass is 16.5. The molecule has 1 atom stereocenters. The summed E-state index contributed by atoms with van der Waals surface area (Å²) in [5.41, 5.74) is 1.67. The van der Waals surface area contributed by atoms with E-state index < -0.39 is 0 Å². The van der Waals surface area contributed by atoms with Crippen molar-refractivity contribution in [3.05, 3.63) is 66.7 Å². The van der Waals surface area contributed by atoms with Crippen LogP contribution in [0.2, 0.25) is 0 Å².